The molecule has 0 saturated heterocycles. The number of halogens is 4. The highest BCUT2D eigenvalue weighted by molar-refractivity contribution is 14.1. The van der Waals surface area contributed by atoms with E-state index in [-0.39, 0.29) is 5.56 Å². The predicted octanol–water partition coefficient (Wildman–Crippen LogP) is 4.30. The molecule has 66 valence electrons. The second kappa shape index (κ2) is 4.00. The van der Waals surface area contributed by atoms with E-state index in [1.54, 1.807) is 6.92 Å². The van der Waals surface area contributed by atoms with Gasteiger partial charge in [-0.1, -0.05) is 15.9 Å². The minimum atomic E-state index is -2.39. The summed E-state index contributed by atoms with van der Waals surface area (Å²) in [6.07, 6.45) is -2.39. The Labute approximate surface area is 91.6 Å². The molecule has 0 bridgehead atoms. The Morgan fingerprint density at radius 1 is 1.42 bits per heavy atom. The number of alkyl halides is 2. The van der Waals surface area contributed by atoms with Crippen LogP contribution >= 0.6 is 38.5 Å². The molecule has 0 radical (unpaired) electrons. The molecule has 0 aliphatic heterocycles. The normalized spacial score (nSPS) is 10.8. The first kappa shape index (κ1) is 10.4. The average Bonchev–Trinajstić information content (AvgIpc) is 1.96. The lowest BCUT2D eigenvalue weighted by atomic mass is 10.1. The highest BCUT2D eigenvalue weighted by Crippen LogP contribution is 2.29. The monoisotopic (exact) mass is 346 g/mol. The van der Waals surface area contributed by atoms with Crippen molar-refractivity contribution in [2.75, 3.05) is 0 Å². The molecule has 0 amide bonds. The van der Waals surface area contributed by atoms with Gasteiger partial charge in [0.2, 0.25) is 0 Å². The van der Waals surface area contributed by atoms with Crippen LogP contribution in [0.3, 0.4) is 0 Å². The van der Waals surface area contributed by atoms with Crippen LogP contribution < -0.4 is 0 Å². The molecular weight excluding hydrogens is 341 g/mol. The van der Waals surface area contributed by atoms with Gasteiger partial charge in [0.25, 0.3) is 6.43 Å². The maximum Gasteiger partial charge on any atom is 0.264 e. The second-order valence-electron chi connectivity index (χ2n) is 2.40. The van der Waals surface area contributed by atoms with Crippen LogP contribution in [0.5, 0.6) is 0 Å². The highest BCUT2D eigenvalue weighted by atomic mass is 127. The van der Waals surface area contributed by atoms with Crippen LogP contribution in [0.15, 0.2) is 16.6 Å². The van der Waals surface area contributed by atoms with Crippen LogP contribution in [0.25, 0.3) is 0 Å². The lowest BCUT2D eigenvalue weighted by Gasteiger charge is -2.07. The summed E-state index contributed by atoms with van der Waals surface area (Å²) >= 11 is 5.24. The summed E-state index contributed by atoms with van der Waals surface area (Å²) in [6.45, 7) is 1.68. The van der Waals surface area contributed by atoms with E-state index in [0.29, 0.717) is 5.56 Å². The molecule has 1 aromatic carbocycles. The van der Waals surface area contributed by atoms with E-state index in [1.807, 2.05) is 28.7 Å². The Kier molecular flexibility index (Phi) is 3.46. The Morgan fingerprint density at radius 3 is 2.50 bits per heavy atom. The van der Waals surface area contributed by atoms with Crippen molar-refractivity contribution in [1.82, 2.24) is 0 Å². The summed E-state index contributed by atoms with van der Waals surface area (Å²) in [5, 5.41) is 0. The maximum absolute atomic E-state index is 12.4. The van der Waals surface area contributed by atoms with Gasteiger partial charge < -0.3 is 0 Å². The first-order valence-corrected chi connectivity index (χ1v) is 5.13. The quantitative estimate of drug-likeness (QED) is 0.665. The van der Waals surface area contributed by atoms with Gasteiger partial charge in [-0.3, -0.25) is 0 Å². The SMILES string of the molecule is Cc1c(Br)cc(I)cc1C(F)F. The molecule has 0 saturated carbocycles. The summed E-state index contributed by atoms with van der Waals surface area (Å²) in [5.74, 6) is 0. The summed E-state index contributed by atoms with van der Waals surface area (Å²) in [4.78, 5) is 0. The van der Waals surface area contributed by atoms with Gasteiger partial charge in [-0.05, 0) is 47.2 Å². The number of hydrogen-bond acceptors (Lipinski definition) is 0. The van der Waals surface area contributed by atoms with Crippen molar-refractivity contribution in [3.05, 3.63) is 31.3 Å². The maximum atomic E-state index is 12.4. The smallest absolute Gasteiger partial charge is 0.205 e. The summed E-state index contributed by atoms with van der Waals surface area (Å²) in [7, 11) is 0. The molecular formula is C8H6BrF2I. The fourth-order valence-electron chi connectivity index (χ4n) is 0.892. The Morgan fingerprint density at radius 2 is 2.00 bits per heavy atom. The topological polar surface area (TPSA) is 0 Å². The standard InChI is InChI=1S/C8H6BrF2I/c1-4-6(8(10)11)2-5(12)3-7(4)9/h2-3,8H,1H3. The lowest BCUT2D eigenvalue weighted by molar-refractivity contribution is 0.150. The molecule has 1 rings (SSSR count). The third kappa shape index (κ3) is 2.16. The van der Waals surface area contributed by atoms with Gasteiger partial charge in [-0.15, -0.1) is 0 Å². The van der Waals surface area contributed by atoms with E-state index < -0.39 is 6.43 Å². The largest absolute Gasteiger partial charge is 0.264 e. The van der Waals surface area contributed by atoms with Crippen LogP contribution in [0.4, 0.5) is 8.78 Å². The molecule has 0 aliphatic carbocycles. The van der Waals surface area contributed by atoms with Gasteiger partial charge in [-0.25, -0.2) is 8.78 Å². The lowest BCUT2D eigenvalue weighted by Crippen LogP contribution is -1.91. The molecule has 0 fully saturated rings. The van der Waals surface area contributed by atoms with Crippen molar-refractivity contribution >= 4 is 38.5 Å². The van der Waals surface area contributed by atoms with Crippen molar-refractivity contribution in [3.63, 3.8) is 0 Å². The van der Waals surface area contributed by atoms with Crippen LogP contribution in [0.2, 0.25) is 0 Å². The third-order valence-corrected chi connectivity index (χ3v) is 3.03. The molecule has 1 aromatic rings. The van der Waals surface area contributed by atoms with E-state index in [2.05, 4.69) is 15.9 Å². The van der Waals surface area contributed by atoms with Gasteiger partial charge >= 0.3 is 0 Å². The van der Waals surface area contributed by atoms with Crippen molar-refractivity contribution in [3.8, 4) is 0 Å². The van der Waals surface area contributed by atoms with Gasteiger partial charge in [0.15, 0.2) is 0 Å². The third-order valence-electron chi connectivity index (χ3n) is 1.58. The first-order chi connectivity index (χ1) is 5.52. The Bertz CT molecular complexity index is 299. The van der Waals surface area contributed by atoms with E-state index >= 15 is 0 Å². The minimum absolute atomic E-state index is 0.105. The van der Waals surface area contributed by atoms with Crippen molar-refractivity contribution in [1.29, 1.82) is 0 Å². The summed E-state index contributed by atoms with van der Waals surface area (Å²) in [5.41, 5.74) is 0.721. The van der Waals surface area contributed by atoms with Gasteiger partial charge in [0.05, 0.1) is 0 Å². The number of benzene rings is 1. The zero-order valence-electron chi connectivity index (χ0n) is 6.24. The molecule has 0 spiro atoms. The minimum Gasteiger partial charge on any atom is -0.205 e. The van der Waals surface area contributed by atoms with Gasteiger partial charge in [-0.2, -0.15) is 0 Å². The molecule has 0 nitrogen and oxygen atoms in total. The molecule has 12 heavy (non-hydrogen) atoms. The van der Waals surface area contributed by atoms with Crippen molar-refractivity contribution in [2.24, 2.45) is 0 Å². The van der Waals surface area contributed by atoms with Crippen molar-refractivity contribution in [2.45, 2.75) is 13.3 Å². The zero-order valence-corrected chi connectivity index (χ0v) is 9.99. The summed E-state index contributed by atoms with van der Waals surface area (Å²) < 4.78 is 26.3. The van der Waals surface area contributed by atoms with E-state index in [0.717, 1.165) is 8.04 Å². The van der Waals surface area contributed by atoms with Crippen LogP contribution in [0.1, 0.15) is 17.6 Å². The van der Waals surface area contributed by atoms with Crippen LogP contribution in [0, 0.1) is 10.5 Å². The molecule has 0 aliphatic rings. The Balaban J connectivity index is 3.28. The van der Waals surface area contributed by atoms with E-state index in [9.17, 15) is 8.78 Å². The fraction of sp³-hybridized carbons (Fsp3) is 0.250. The summed E-state index contributed by atoms with van der Waals surface area (Å²) in [6, 6.07) is 3.33. The van der Waals surface area contributed by atoms with Crippen molar-refractivity contribution < 1.29 is 8.78 Å². The van der Waals surface area contributed by atoms with Gasteiger partial charge in [0, 0.05) is 13.6 Å². The fourth-order valence-corrected chi connectivity index (χ4v) is 2.44. The highest BCUT2D eigenvalue weighted by Gasteiger charge is 2.12. The first-order valence-electron chi connectivity index (χ1n) is 3.26. The van der Waals surface area contributed by atoms with Crippen LogP contribution in [-0.4, -0.2) is 0 Å². The Hall–Kier alpha value is 0.290. The molecule has 0 atom stereocenters. The number of hydrogen-bond donors (Lipinski definition) is 0. The number of rotatable bonds is 1. The van der Waals surface area contributed by atoms with E-state index in [1.165, 1.54) is 6.07 Å². The molecule has 0 heterocycles. The zero-order chi connectivity index (χ0) is 9.30. The molecule has 4 heteroatoms. The van der Waals surface area contributed by atoms with E-state index in [4.69, 9.17) is 0 Å². The predicted molar refractivity (Wildman–Crippen MR) is 56.6 cm³/mol. The molecule has 0 aromatic heterocycles. The van der Waals surface area contributed by atoms with Gasteiger partial charge in [0.1, 0.15) is 0 Å². The average molecular weight is 347 g/mol. The second-order valence-corrected chi connectivity index (χ2v) is 4.50. The molecule has 0 N–H and O–H groups in total. The molecule has 0 unspecified atom stereocenters. The van der Waals surface area contributed by atoms with Crippen LogP contribution in [-0.2, 0) is 0 Å².